The molecule has 1 aliphatic heterocycles. The van der Waals surface area contributed by atoms with Gasteiger partial charge in [0.25, 0.3) is 11.8 Å². The molecule has 0 bridgehead atoms. The van der Waals surface area contributed by atoms with E-state index in [1.165, 1.54) is 6.92 Å². The molecule has 0 atom stereocenters. The highest BCUT2D eigenvalue weighted by atomic mass is 16.5. The Hall–Kier alpha value is -3.49. The van der Waals surface area contributed by atoms with Crippen LogP contribution in [0.2, 0.25) is 0 Å². The summed E-state index contributed by atoms with van der Waals surface area (Å²) >= 11 is 0. The first kappa shape index (κ1) is 17.9. The number of benzene rings is 1. The highest BCUT2D eigenvalue weighted by Gasteiger charge is 2.31. The lowest BCUT2D eigenvalue weighted by molar-refractivity contribution is -0.120. The summed E-state index contributed by atoms with van der Waals surface area (Å²) in [5.41, 5.74) is -0.478. The van der Waals surface area contributed by atoms with Gasteiger partial charge in [0.05, 0.1) is 36.7 Å². The van der Waals surface area contributed by atoms with E-state index in [9.17, 15) is 24.0 Å². The van der Waals surface area contributed by atoms with E-state index in [0.717, 1.165) is 43.4 Å². The highest BCUT2D eigenvalue weighted by molar-refractivity contribution is 6.29. The third kappa shape index (κ3) is 3.39. The predicted molar refractivity (Wildman–Crippen MR) is 85.1 cm³/mol. The first-order valence-corrected chi connectivity index (χ1v) is 6.98. The molecule has 0 aliphatic carbocycles. The fraction of sp³-hybridized carbons (Fsp3) is 0.188. The molecule has 25 heavy (non-hydrogen) atoms. The van der Waals surface area contributed by atoms with Gasteiger partial charge in [-0.1, -0.05) is 0 Å². The molecule has 0 aromatic heterocycles. The largest absolute Gasteiger partial charge is 0.465 e. The number of rotatable bonds is 4. The molecular formula is C16H14N2O7. The fourth-order valence-corrected chi connectivity index (χ4v) is 2.26. The van der Waals surface area contributed by atoms with Gasteiger partial charge in [-0.2, -0.15) is 0 Å². The summed E-state index contributed by atoms with van der Waals surface area (Å²) in [4.78, 5) is 60.0. The van der Waals surface area contributed by atoms with Crippen LogP contribution >= 0.6 is 0 Å². The molecule has 130 valence electrons. The third-order valence-corrected chi connectivity index (χ3v) is 3.31. The van der Waals surface area contributed by atoms with Gasteiger partial charge in [0.2, 0.25) is 5.91 Å². The van der Waals surface area contributed by atoms with E-state index in [1.807, 2.05) is 0 Å². The van der Waals surface area contributed by atoms with Crippen molar-refractivity contribution >= 4 is 41.0 Å². The number of amides is 3. The van der Waals surface area contributed by atoms with E-state index in [4.69, 9.17) is 0 Å². The molecule has 0 saturated heterocycles. The second-order valence-electron chi connectivity index (χ2n) is 4.92. The standard InChI is InChI=1S/C16H14N2O7/c1-8(19)17-11-6-10(16(23)25-3)12(7-9(11)15(22)24-2)18-13(20)4-5-14(18)21/h4-7H,1-3H3,(H,17,19). The Balaban J connectivity index is 2.73. The van der Waals surface area contributed by atoms with E-state index in [-0.39, 0.29) is 22.5 Å². The maximum atomic E-state index is 12.1. The Kier molecular flexibility index (Phi) is 4.97. The Labute approximate surface area is 142 Å². The second-order valence-corrected chi connectivity index (χ2v) is 4.92. The number of carbonyl (C=O) groups is 5. The van der Waals surface area contributed by atoms with Crippen molar-refractivity contribution in [1.29, 1.82) is 0 Å². The number of hydrogen-bond donors (Lipinski definition) is 1. The molecule has 1 aromatic carbocycles. The van der Waals surface area contributed by atoms with Crippen LogP contribution in [0.15, 0.2) is 24.3 Å². The van der Waals surface area contributed by atoms with Gasteiger partial charge in [0.15, 0.2) is 0 Å². The third-order valence-electron chi connectivity index (χ3n) is 3.31. The van der Waals surface area contributed by atoms with Gasteiger partial charge >= 0.3 is 11.9 Å². The second kappa shape index (κ2) is 6.95. The van der Waals surface area contributed by atoms with E-state index in [1.54, 1.807) is 0 Å². The quantitative estimate of drug-likeness (QED) is 0.628. The number of hydrogen-bond acceptors (Lipinski definition) is 7. The molecule has 1 aliphatic rings. The predicted octanol–water partition coefficient (Wildman–Crippen LogP) is 0.648. The van der Waals surface area contributed by atoms with Crippen LogP contribution < -0.4 is 10.2 Å². The maximum Gasteiger partial charge on any atom is 0.340 e. The van der Waals surface area contributed by atoms with Crippen LogP contribution in [0.3, 0.4) is 0 Å². The molecule has 9 heteroatoms. The van der Waals surface area contributed by atoms with Crippen molar-refractivity contribution < 1.29 is 33.4 Å². The lowest BCUT2D eigenvalue weighted by Gasteiger charge is -2.20. The molecule has 0 unspecified atom stereocenters. The van der Waals surface area contributed by atoms with Crippen molar-refractivity contribution in [2.75, 3.05) is 24.4 Å². The summed E-state index contributed by atoms with van der Waals surface area (Å²) in [6, 6.07) is 2.26. The summed E-state index contributed by atoms with van der Waals surface area (Å²) in [6.45, 7) is 1.21. The molecule has 1 aromatic rings. The van der Waals surface area contributed by atoms with Crippen molar-refractivity contribution in [2.45, 2.75) is 6.92 Å². The molecule has 9 nitrogen and oxygen atoms in total. The lowest BCUT2D eigenvalue weighted by Crippen LogP contribution is -2.32. The van der Waals surface area contributed by atoms with Gasteiger partial charge in [-0.3, -0.25) is 14.4 Å². The molecule has 0 spiro atoms. The number of nitrogens with one attached hydrogen (secondary N) is 1. The van der Waals surface area contributed by atoms with Gasteiger partial charge in [-0.05, 0) is 12.1 Å². The van der Waals surface area contributed by atoms with Crippen LogP contribution in [-0.4, -0.2) is 43.9 Å². The van der Waals surface area contributed by atoms with Crippen molar-refractivity contribution in [3.8, 4) is 0 Å². The lowest BCUT2D eigenvalue weighted by atomic mass is 10.0. The highest BCUT2D eigenvalue weighted by Crippen LogP contribution is 2.31. The number of nitrogens with zero attached hydrogens (tertiary/aromatic N) is 1. The van der Waals surface area contributed by atoms with Crippen LogP contribution in [0.4, 0.5) is 11.4 Å². The van der Waals surface area contributed by atoms with Crippen LogP contribution in [0.25, 0.3) is 0 Å². The molecule has 1 heterocycles. The zero-order chi connectivity index (χ0) is 18.7. The molecule has 1 N–H and O–H groups in total. The zero-order valence-corrected chi connectivity index (χ0v) is 13.6. The maximum absolute atomic E-state index is 12.1. The number of ether oxygens (including phenoxy) is 2. The Bertz CT molecular complexity index is 808. The minimum absolute atomic E-state index is 0.0180. The van der Waals surface area contributed by atoms with Gasteiger partial charge in [-0.15, -0.1) is 0 Å². The van der Waals surface area contributed by atoms with Gasteiger partial charge in [0, 0.05) is 19.1 Å². The van der Waals surface area contributed by atoms with Crippen molar-refractivity contribution in [2.24, 2.45) is 0 Å². The van der Waals surface area contributed by atoms with Crippen LogP contribution in [-0.2, 0) is 23.9 Å². The Morgan fingerprint density at radius 1 is 0.920 bits per heavy atom. The number of carbonyl (C=O) groups excluding carboxylic acids is 5. The molecule has 0 saturated carbocycles. The smallest absolute Gasteiger partial charge is 0.340 e. The number of anilines is 2. The van der Waals surface area contributed by atoms with E-state index >= 15 is 0 Å². The van der Waals surface area contributed by atoms with Crippen molar-refractivity contribution in [1.82, 2.24) is 0 Å². The summed E-state index contributed by atoms with van der Waals surface area (Å²) in [6.07, 6.45) is 2.06. The van der Waals surface area contributed by atoms with Gasteiger partial charge in [0.1, 0.15) is 0 Å². The monoisotopic (exact) mass is 346 g/mol. The molecule has 0 fully saturated rings. The zero-order valence-electron chi connectivity index (χ0n) is 13.6. The van der Waals surface area contributed by atoms with Crippen molar-refractivity contribution in [3.63, 3.8) is 0 Å². The minimum Gasteiger partial charge on any atom is -0.465 e. The summed E-state index contributed by atoms with van der Waals surface area (Å²) in [5, 5.41) is 2.40. The first-order valence-electron chi connectivity index (χ1n) is 6.98. The average molecular weight is 346 g/mol. The van der Waals surface area contributed by atoms with Crippen LogP contribution in [0.5, 0.6) is 0 Å². The minimum atomic E-state index is -0.856. The Morgan fingerprint density at radius 3 is 1.92 bits per heavy atom. The van der Waals surface area contributed by atoms with E-state index < -0.39 is 29.7 Å². The first-order chi connectivity index (χ1) is 11.8. The molecule has 0 radical (unpaired) electrons. The van der Waals surface area contributed by atoms with E-state index in [2.05, 4.69) is 14.8 Å². The summed E-state index contributed by atoms with van der Waals surface area (Å²) in [5.74, 6) is -3.54. The van der Waals surface area contributed by atoms with Crippen molar-refractivity contribution in [3.05, 3.63) is 35.4 Å². The van der Waals surface area contributed by atoms with Gasteiger partial charge < -0.3 is 14.8 Å². The van der Waals surface area contributed by atoms with E-state index in [0.29, 0.717) is 0 Å². The Morgan fingerprint density at radius 2 is 1.44 bits per heavy atom. The summed E-state index contributed by atoms with van der Waals surface area (Å²) < 4.78 is 9.30. The summed E-state index contributed by atoms with van der Waals surface area (Å²) in [7, 11) is 2.24. The molecule has 2 rings (SSSR count). The SMILES string of the molecule is COC(=O)c1cc(N2C(=O)C=CC2=O)c(C(=O)OC)cc1NC(C)=O. The molecule has 3 amide bonds. The normalized spacial score (nSPS) is 13.0. The van der Waals surface area contributed by atoms with Crippen LogP contribution in [0, 0.1) is 0 Å². The average Bonchev–Trinajstić information content (AvgIpc) is 2.91. The topological polar surface area (TPSA) is 119 Å². The number of esters is 2. The van der Waals surface area contributed by atoms with Crippen LogP contribution in [0.1, 0.15) is 27.6 Å². The molecular weight excluding hydrogens is 332 g/mol. The number of imide groups is 1. The van der Waals surface area contributed by atoms with Gasteiger partial charge in [-0.25, -0.2) is 14.5 Å². The number of methoxy groups -OCH3 is 2. The fourth-order valence-electron chi connectivity index (χ4n) is 2.26.